The lowest BCUT2D eigenvalue weighted by Crippen LogP contribution is -2.34. The molecule has 2 aliphatic carbocycles. The van der Waals surface area contributed by atoms with Crippen LogP contribution < -0.4 is 0 Å². The standard InChI is InChI=1S/C12H22OSi.C11H18OSi/c1-12(9-10-14(2,3)4)8-6-5-7-11(12)13;1-13(2,3)9-8-11-7-5-4-6-10(11)12-11/h11,13H,5-8H2,1-4H3;10H,4-7H2,1-3H3/t11-,12-;10-,11-/m11/s1. The summed E-state index contributed by atoms with van der Waals surface area (Å²) in [6, 6.07) is 0. The Bertz CT molecular complexity index is 638. The minimum absolute atomic E-state index is 0.0263. The fourth-order valence-corrected chi connectivity index (χ4v) is 4.95. The van der Waals surface area contributed by atoms with Gasteiger partial charge < -0.3 is 9.84 Å². The van der Waals surface area contributed by atoms with E-state index in [1.165, 1.54) is 32.1 Å². The van der Waals surface area contributed by atoms with Crippen molar-refractivity contribution in [2.75, 3.05) is 0 Å². The molecule has 1 heterocycles. The van der Waals surface area contributed by atoms with Gasteiger partial charge in [0.25, 0.3) is 0 Å². The van der Waals surface area contributed by atoms with Gasteiger partial charge in [0.2, 0.25) is 0 Å². The van der Waals surface area contributed by atoms with Crippen molar-refractivity contribution in [3.63, 3.8) is 0 Å². The van der Waals surface area contributed by atoms with Gasteiger partial charge in [0.05, 0.1) is 17.6 Å². The molecule has 0 radical (unpaired) electrons. The fraction of sp³-hybridized carbons (Fsp3) is 0.826. The van der Waals surface area contributed by atoms with E-state index in [2.05, 4.69) is 69.1 Å². The Labute approximate surface area is 169 Å². The summed E-state index contributed by atoms with van der Waals surface area (Å²) in [5, 5.41) is 9.94. The molecule has 27 heavy (non-hydrogen) atoms. The predicted molar refractivity (Wildman–Crippen MR) is 121 cm³/mol. The Morgan fingerprint density at radius 2 is 1.37 bits per heavy atom. The second-order valence-electron chi connectivity index (χ2n) is 10.9. The van der Waals surface area contributed by atoms with Crippen LogP contribution in [0.3, 0.4) is 0 Å². The molecular formula is C23H40O2Si2. The lowest BCUT2D eigenvalue weighted by atomic mass is 9.74. The zero-order valence-electron chi connectivity index (χ0n) is 18.7. The van der Waals surface area contributed by atoms with E-state index in [4.69, 9.17) is 4.74 Å². The van der Waals surface area contributed by atoms with E-state index in [0.717, 1.165) is 19.3 Å². The van der Waals surface area contributed by atoms with Crippen molar-refractivity contribution in [2.24, 2.45) is 5.41 Å². The van der Waals surface area contributed by atoms with E-state index >= 15 is 0 Å². The first-order valence-corrected chi connectivity index (χ1v) is 17.8. The molecule has 0 aromatic heterocycles. The summed E-state index contributed by atoms with van der Waals surface area (Å²) >= 11 is 0. The van der Waals surface area contributed by atoms with Crippen molar-refractivity contribution in [3.8, 4) is 22.9 Å². The van der Waals surface area contributed by atoms with Crippen LogP contribution in [0.25, 0.3) is 0 Å². The highest BCUT2D eigenvalue weighted by molar-refractivity contribution is 6.84. The Kier molecular flexibility index (Phi) is 7.13. The summed E-state index contributed by atoms with van der Waals surface area (Å²) in [4.78, 5) is 0. The van der Waals surface area contributed by atoms with Crippen LogP contribution in [0.5, 0.6) is 0 Å². The number of fused-ring (bicyclic) bond motifs is 1. The van der Waals surface area contributed by atoms with Crippen LogP contribution in [0.4, 0.5) is 0 Å². The predicted octanol–water partition coefficient (Wildman–Crippen LogP) is 5.39. The van der Waals surface area contributed by atoms with Crippen LogP contribution in [0.15, 0.2) is 0 Å². The van der Waals surface area contributed by atoms with Crippen molar-refractivity contribution in [1.82, 2.24) is 0 Å². The number of ether oxygens (including phenoxy) is 1. The van der Waals surface area contributed by atoms with Crippen molar-refractivity contribution in [2.45, 2.75) is 115 Å². The minimum Gasteiger partial charge on any atom is -0.392 e. The van der Waals surface area contributed by atoms with E-state index < -0.39 is 16.1 Å². The van der Waals surface area contributed by atoms with Crippen molar-refractivity contribution in [1.29, 1.82) is 0 Å². The van der Waals surface area contributed by atoms with E-state index in [0.29, 0.717) is 6.10 Å². The first-order chi connectivity index (χ1) is 12.4. The van der Waals surface area contributed by atoms with Gasteiger partial charge in [-0.1, -0.05) is 64.5 Å². The maximum Gasteiger partial charge on any atom is 0.154 e. The van der Waals surface area contributed by atoms with Gasteiger partial charge in [-0.15, -0.1) is 17.0 Å². The third-order valence-corrected chi connectivity index (χ3v) is 7.36. The summed E-state index contributed by atoms with van der Waals surface area (Å²) in [7, 11) is -2.49. The second-order valence-corrected chi connectivity index (χ2v) is 20.4. The minimum atomic E-state index is -1.29. The Morgan fingerprint density at radius 1 is 0.815 bits per heavy atom. The first-order valence-electron chi connectivity index (χ1n) is 10.8. The molecule has 0 spiro atoms. The molecule has 3 aliphatic rings. The number of aliphatic hydroxyl groups excluding tert-OH is 1. The van der Waals surface area contributed by atoms with Crippen LogP contribution in [0, 0.1) is 28.3 Å². The highest BCUT2D eigenvalue weighted by Gasteiger charge is 2.56. The third-order valence-electron chi connectivity index (χ3n) is 5.61. The molecule has 1 aliphatic heterocycles. The topological polar surface area (TPSA) is 32.8 Å². The molecule has 0 amide bonds. The van der Waals surface area contributed by atoms with Gasteiger partial charge in [0, 0.05) is 0 Å². The first kappa shape index (κ1) is 22.8. The van der Waals surface area contributed by atoms with Gasteiger partial charge in [-0.05, 0) is 39.0 Å². The molecule has 2 saturated carbocycles. The van der Waals surface area contributed by atoms with E-state index in [1.54, 1.807) is 0 Å². The molecular weight excluding hydrogens is 364 g/mol. The normalized spacial score (nSPS) is 35.3. The average molecular weight is 405 g/mol. The molecule has 1 N–H and O–H groups in total. The van der Waals surface area contributed by atoms with Crippen LogP contribution in [-0.4, -0.2) is 39.1 Å². The van der Waals surface area contributed by atoms with E-state index in [-0.39, 0.29) is 17.1 Å². The number of hydrogen-bond donors (Lipinski definition) is 1. The summed E-state index contributed by atoms with van der Waals surface area (Å²) in [6.45, 7) is 15.7. The average Bonchev–Trinajstić information content (AvgIpc) is 3.29. The SMILES string of the molecule is C[C@]1(C#C[Si](C)(C)C)CCCC[C@H]1O.C[Si](C)(C)C#C[C@]12CCCC[C@H]1O2. The molecule has 4 atom stereocenters. The van der Waals surface area contributed by atoms with Gasteiger partial charge in [-0.2, -0.15) is 0 Å². The summed E-state index contributed by atoms with van der Waals surface area (Å²) in [5.74, 6) is 6.75. The molecule has 152 valence electrons. The van der Waals surface area contributed by atoms with Gasteiger partial charge in [0.1, 0.15) is 16.1 Å². The molecule has 0 unspecified atom stereocenters. The zero-order chi connectivity index (χ0) is 20.3. The Morgan fingerprint density at radius 3 is 1.93 bits per heavy atom. The Hall–Kier alpha value is -0.526. The van der Waals surface area contributed by atoms with Gasteiger partial charge in [-0.25, -0.2) is 0 Å². The smallest absolute Gasteiger partial charge is 0.154 e. The molecule has 0 bridgehead atoms. The maximum atomic E-state index is 9.94. The van der Waals surface area contributed by atoms with Crippen molar-refractivity contribution >= 4 is 16.1 Å². The Balaban J connectivity index is 0.000000194. The quantitative estimate of drug-likeness (QED) is 0.334. The molecule has 0 aromatic carbocycles. The van der Waals surface area contributed by atoms with Crippen LogP contribution >= 0.6 is 0 Å². The molecule has 1 saturated heterocycles. The molecule has 3 fully saturated rings. The summed E-state index contributed by atoms with van der Waals surface area (Å²) < 4.78 is 5.71. The van der Waals surface area contributed by atoms with Gasteiger partial charge >= 0.3 is 0 Å². The molecule has 2 nitrogen and oxygen atoms in total. The number of epoxide rings is 1. The zero-order valence-corrected chi connectivity index (χ0v) is 20.7. The maximum absolute atomic E-state index is 9.94. The number of rotatable bonds is 0. The monoisotopic (exact) mass is 404 g/mol. The van der Waals surface area contributed by atoms with Crippen LogP contribution in [-0.2, 0) is 4.74 Å². The van der Waals surface area contributed by atoms with Crippen LogP contribution in [0.1, 0.15) is 58.3 Å². The third kappa shape index (κ3) is 7.10. The highest BCUT2D eigenvalue weighted by Crippen LogP contribution is 2.47. The van der Waals surface area contributed by atoms with Gasteiger partial charge in [0.15, 0.2) is 5.60 Å². The highest BCUT2D eigenvalue weighted by atomic mass is 28.3. The van der Waals surface area contributed by atoms with E-state index in [9.17, 15) is 5.11 Å². The second kappa shape index (κ2) is 8.46. The van der Waals surface area contributed by atoms with Crippen molar-refractivity contribution < 1.29 is 9.84 Å². The summed E-state index contributed by atoms with van der Waals surface area (Å²) in [5.41, 5.74) is 6.73. The number of aliphatic hydroxyl groups is 1. The van der Waals surface area contributed by atoms with Gasteiger partial charge in [-0.3, -0.25) is 0 Å². The van der Waals surface area contributed by atoms with Crippen LogP contribution in [0.2, 0.25) is 39.3 Å². The van der Waals surface area contributed by atoms with E-state index in [1.807, 2.05) is 0 Å². The number of hydrogen-bond acceptors (Lipinski definition) is 2. The largest absolute Gasteiger partial charge is 0.392 e. The van der Waals surface area contributed by atoms with Crippen molar-refractivity contribution in [3.05, 3.63) is 0 Å². The fourth-order valence-electron chi connectivity index (χ4n) is 3.71. The lowest BCUT2D eigenvalue weighted by molar-refractivity contribution is 0.0390. The molecule has 3 rings (SSSR count). The molecule has 4 heteroatoms. The molecule has 0 aromatic rings. The summed E-state index contributed by atoms with van der Waals surface area (Å²) in [6.07, 6.45) is 9.69. The lowest BCUT2D eigenvalue weighted by Gasteiger charge is -2.34.